The van der Waals surface area contributed by atoms with Crippen LogP contribution in [0, 0.1) is 5.41 Å². The van der Waals surface area contributed by atoms with Crippen molar-refractivity contribution in [2.24, 2.45) is 11.6 Å². The first-order valence-corrected chi connectivity index (χ1v) is 2.58. The Bertz CT molecular complexity index is 147. The van der Waals surface area contributed by atoms with E-state index in [1.54, 1.807) is 13.8 Å². The normalized spacial score (nSPS) is 12.3. The molecule has 0 aliphatic carbocycles. The fourth-order valence-electron chi connectivity index (χ4n) is 0.359. The Kier molecular flexibility index (Phi) is 2.73. The van der Waals surface area contributed by atoms with Gasteiger partial charge in [0.25, 0.3) is 0 Å². The lowest BCUT2D eigenvalue weighted by Gasteiger charge is -2.03. The van der Waals surface area contributed by atoms with Crippen molar-refractivity contribution in [3.8, 4) is 0 Å². The predicted molar refractivity (Wildman–Crippen MR) is 37.6 cm³/mol. The number of allylic oxidation sites excluding steroid dienone is 2. The van der Waals surface area contributed by atoms with Crippen molar-refractivity contribution < 1.29 is 0 Å². The highest BCUT2D eigenvalue weighted by Crippen LogP contribution is 1.91. The number of nitrogens with two attached hydrogens (primary N) is 2. The molecule has 0 saturated carbocycles. The minimum Gasteiger partial charge on any atom is -0.396 e. The molecule has 0 aromatic heterocycles. The van der Waals surface area contributed by atoms with E-state index in [0.717, 1.165) is 0 Å². The fourth-order valence-corrected chi connectivity index (χ4v) is 0.359. The Hall–Kier alpha value is -1.03. The molecule has 0 heterocycles. The van der Waals surface area contributed by atoms with Gasteiger partial charge in [-0.05, 0) is 13.8 Å². The minimum atomic E-state index is 0.324. The zero-order valence-electron chi connectivity index (χ0n) is 5.65. The molecule has 0 bridgehead atoms. The maximum absolute atomic E-state index is 7.06. The molecule has 6 N–H and O–H groups in total. The van der Waals surface area contributed by atoms with Gasteiger partial charge in [-0.15, -0.1) is 0 Å². The van der Waals surface area contributed by atoms with Crippen LogP contribution in [0.3, 0.4) is 0 Å². The number of rotatable bonds is 2. The first-order chi connectivity index (χ1) is 4.09. The van der Waals surface area contributed by atoms with E-state index in [-0.39, 0.29) is 0 Å². The zero-order chi connectivity index (χ0) is 7.44. The van der Waals surface area contributed by atoms with E-state index in [2.05, 4.69) is 5.43 Å². The molecule has 0 aromatic rings. The molecule has 4 nitrogen and oxygen atoms in total. The van der Waals surface area contributed by atoms with Gasteiger partial charge in [0, 0.05) is 5.70 Å². The van der Waals surface area contributed by atoms with Crippen molar-refractivity contribution in [1.29, 1.82) is 5.41 Å². The van der Waals surface area contributed by atoms with Crippen molar-refractivity contribution >= 4 is 5.71 Å². The van der Waals surface area contributed by atoms with Crippen molar-refractivity contribution in [3.63, 3.8) is 0 Å². The van der Waals surface area contributed by atoms with Gasteiger partial charge in [-0.25, -0.2) is 0 Å². The summed E-state index contributed by atoms with van der Waals surface area (Å²) in [5.74, 6) is 5.03. The van der Waals surface area contributed by atoms with Crippen LogP contribution >= 0.6 is 0 Å². The maximum Gasteiger partial charge on any atom is 0.0726 e. The summed E-state index contributed by atoms with van der Waals surface area (Å²) in [6.45, 7) is 3.32. The summed E-state index contributed by atoms with van der Waals surface area (Å²) in [6.07, 6.45) is 0. The van der Waals surface area contributed by atoms with Crippen LogP contribution in [-0.2, 0) is 0 Å². The van der Waals surface area contributed by atoms with Crippen LogP contribution in [0.4, 0.5) is 0 Å². The summed E-state index contributed by atoms with van der Waals surface area (Å²) in [5.41, 5.74) is 9.10. The summed E-state index contributed by atoms with van der Waals surface area (Å²) in [6, 6.07) is 0. The van der Waals surface area contributed by atoms with Crippen molar-refractivity contribution in [3.05, 3.63) is 11.4 Å². The average Bonchev–Trinajstić information content (AvgIpc) is 1.84. The van der Waals surface area contributed by atoms with Gasteiger partial charge in [-0.2, -0.15) is 0 Å². The highest BCUT2D eigenvalue weighted by Gasteiger charge is 1.95. The van der Waals surface area contributed by atoms with E-state index in [1.807, 2.05) is 0 Å². The zero-order valence-corrected chi connectivity index (χ0v) is 5.65. The Morgan fingerprint density at radius 3 is 2.00 bits per heavy atom. The molecule has 0 aromatic carbocycles. The Labute approximate surface area is 54.4 Å². The number of nitrogens with one attached hydrogen (secondary N) is 2. The molecule has 0 saturated heterocycles. The van der Waals surface area contributed by atoms with Gasteiger partial charge in [0.15, 0.2) is 0 Å². The van der Waals surface area contributed by atoms with Crippen LogP contribution in [0.2, 0.25) is 0 Å². The molecule has 52 valence electrons. The molecular formula is C5H12N4. The summed E-state index contributed by atoms with van der Waals surface area (Å²) in [4.78, 5) is 0. The Morgan fingerprint density at radius 1 is 1.44 bits per heavy atom. The molecule has 0 rings (SSSR count). The standard InChI is InChI=1S/C5H12N4/c1-3(6)5(7)4(2)9-8/h6,9H,7-8H2,1-2H3/b5-4+,6-3?. The Morgan fingerprint density at radius 2 is 1.89 bits per heavy atom. The van der Waals surface area contributed by atoms with Crippen LogP contribution in [0.15, 0.2) is 11.4 Å². The van der Waals surface area contributed by atoms with E-state index in [9.17, 15) is 0 Å². The fraction of sp³-hybridized carbons (Fsp3) is 0.400. The van der Waals surface area contributed by atoms with Gasteiger partial charge in [-0.3, -0.25) is 5.84 Å². The van der Waals surface area contributed by atoms with Crippen LogP contribution in [0.1, 0.15) is 13.8 Å². The molecule has 0 amide bonds. The minimum absolute atomic E-state index is 0.324. The summed E-state index contributed by atoms with van der Waals surface area (Å²) in [5, 5.41) is 7.06. The second-order valence-electron chi connectivity index (χ2n) is 1.81. The molecule has 0 fully saturated rings. The molecule has 0 aliphatic rings. The summed E-state index contributed by atoms with van der Waals surface area (Å²) in [7, 11) is 0. The lowest BCUT2D eigenvalue weighted by Crippen LogP contribution is -2.25. The Balaban J connectivity index is 4.28. The van der Waals surface area contributed by atoms with Crippen molar-refractivity contribution in [2.45, 2.75) is 13.8 Å². The van der Waals surface area contributed by atoms with Gasteiger partial charge in [0.2, 0.25) is 0 Å². The molecule has 0 aliphatic heterocycles. The largest absolute Gasteiger partial charge is 0.396 e. The van der Waals surface area contributed by atoms with Crippen LogP contribution in [0.5, 0.6) is 0 Å². The number of hydrogen-bond donors (Lipinski definition) is 4. The monoisotopic (exact) mass is 128 g/mol. The molecule has 0 atom stereocenters. The van der Waals surface area contributed by atoms with Crippen LogP contribution < -0.4 is 17.0 Å². The molecule has 9 heavy (non-hydrogen) atoms. The number of hydrazine groups is 1. The lowest BCUT2D eigenvalue weighted by atomic mass is 10.3. The summed E-state index contributed by atoms with van der Waals surface area (Å²) >= 11 is 0. The quantitative estimate of drug-likeness (QED) is 0.233. The topological polar surface area (TPSA) is 87.9 Å². The van der Waals surface area contributed by atoms with Gasteiger partial charge < -0.3 is 16.6 Å². The highest BCUT2D eigenvalue weighted by atomic mass is 15.2. The van der Waals surface area contributed by atoms with Crippen molar-refractivity contribution in [2.75, 3.05) is 0 Å². The second-order valence-corrected chi connectivity index (χ2v) is 1.81. The third kappa shape index (κ3) is 2.14. The first-order valence-electron chi connectivity index (χ1n) is 2.58. The summed E-state index contributed by atoms with van der Waals surface area (Å²) < 4.78 is 0. The SMILES string of the molecule is CC(=N)/C(N)=C(/C)NN. The second kappa shape index (κ2) is 3.09. The molecule has 0 radical (unpaired) electrons. The van der Waals surface area contributed by atoms with Gasteiger partial charge in [0.05, 0.1) is 11.4 Å². The van der Waals surface area contributed by atoms with Gasteiger partial charge in [0.1, 0.15) is 0 Å². The molecule has 4 heteroatoms. The van der Waals surface area contributed by atoms with Gasteiger partial charge >= 0.3 is 0 Å². The van der Waals surface area contributed by atoms with E-state index >= 15 is 0 Å². The third-order valence-electron chi connectivity index (χ3n) is 1.02. The molecule has 0 unspecified atom stereocenters. The van der Waals surface area contributed by atoms with E-state index < -0.39 is 0 Å². The van der Waals surface area contributed by atoms with Crippen LogP contribution in [0.25, 0.3) is 0 Å². The smallest absolute Gasteiger partial charge is 0.0726 e. The average molecular weight is 128 g/mol. The highest BCUT2D eigenvalue weighted by molar-refractivity contribution is 5.95. The van der Waals surface area contributed by atoms with E-state index in [1.165, 1.54) is 0 Å². The molecule has 0 spiro atoms. The van der Waals surface area contributed by atoms with E-state index in [0.29, 0.717) is 17.1 Å². The van der Waals surface area contributed by atoms with E-state index in [4.69, 9.17) is 17.0 Å². The van der Waals surface area contributed by atoms with Crippen molar-refractivity contribution in [1.82, 2.24) is 5.43 Å². The third-order valence-corrected chi connectivity index (χ3v) is 1.02. The van der Waals surface area contributed by atoms with Gasteiger partial charge in [-0.1, -0.05) is 0 Å². The lowest BCUT2D eigenvalue weighted by molar-refractivity contribution is 0.871. The van der Waals surface area contributed by atoms with Crippen LogP contribution in [-0.4, -0.2) is 5.71 Å². The predicted octanol–water partition coefficient (Wildman–Crippen LogP) is -0.320. The molecular weight excluding hydrogens is 116 g/mol. The number of hydrogen-bond acceptors (Lipinski definition) is 4. The first kappa shape index (κ1) is 7.97. The maximum atomic E-state index is 7.06.